The molecule has 0 spiro atoms. The van der Waals surface area contributed by atoms with E-state index in [-0.39, 0.29) is 5.91 Å². The van der Waals surface area contributed by atoms with Crippen LogP contribution in [0.2, 0.25) is 0 Å². The monoisotopic (exact) mass is 320 g/mol. The van der Waals surface area contributed by atoms with E-state index in [1.807, 2.05) is 53.9 Å². The van der Waals surface area contributed by atoms with Crippen LogP contribution in [0.4, 0.5) is 0 Å². The Kier molecular flexibility index (Phi) is 4.96. The summed E-state index contributed by atoms with van der Waals surface area (Å²) in [5.74, 6) is -0.109. The number of benzene rings is 1. The lowest BCUT2D eigenvalue weighted by Gasteiger charge is -2.04. The fraction of sp³-hybridized carbons (Fsp3) is 0.0526. The number of pyridine rings is 1. The molecule has 2 heterocycles. The molecule has 1 aromatic carbocycles. The van der Waals surface area contributed by atoms with Crippen molar-refractivity contribution in [3.63, 3.8) is 0 Å². The van der Waals surface area contributed by atoms with Gasteiger partial charge < -0.3 is 5.32 Å². The predicted octanol–water partition coefficient (Wildman–Crippen LogP) is 4.14. The van der Waals surface area contributed by atoms with E-state index in [9.17, 15) is 4.79 Å². The quantitative estimate of drug-likeness (QED) is 0.718. The second kappa shape index (κ2) is 7.51. The summed E-state index contributed by atoms with van der Waals surface area (Å²) in [5, 5.41) is 6.98. The van der Waals surface area contributed by atoms with Gasteiger partial charge in [-0.1, -0.05) is 30.3 Å². The van der Waals surface area contributed by atoms with Gasteiger partial charge in [0.2, 0.25) is 5.91 Å². The molecule has 0 saturated heterocycles. The van der Waals surface area contributed by atoms with Crippen molar-refractivity contribution in [1.29, 1.82) is 0 Å². The normalized spacial score (nSPS) is 10.8. The van der Waals surface area contributed by atoms with Crippen molar-refractivity contribution >= 4 is 23.3 Å². The Hall–Kier alpha value is -2.72. The van der Waals surface area contributed by atoms with E-state index < -0.39 is 0 Å². The Morgan fingerprint density at radius 3 is 2.83 bits per heavy atom. The Bertz CT molecular complexity index is 795. The minimum atomic E-state index is -0.109. The average Bonchev–Trinajstić information content (AvgIpc) is 3.14. The molecule has 0 saturated carbocycles. The van der Waals surface area contributed by atoms with Crippen LogP contribution < -0.4 is 5.32 Å². The van der Waals surface area contributed by atoms with E-state index >= 15 is 0 Å². The average molecular weight is 320 g/mol. The maximum atomic E-state index is 11.9. The number of thiophene rings is 1. The summed E-state index contributed by atoms with van der Waals surface area (Å²) in [4.78, 5) is 16.3. The summed E-state index contributed by atoms with van der Waals surface area (Å²) in [6.45, 7) is 0.484. The van der Waals surface area contributed by atoms with Crippen molar-refractivity contribution in [3.8, 4) is 11.3 Å². The maximum absolute atomic E-state index is 11.9. The van der Waals surface area contributed by atoms with Gasteiger partial charge in [-0.3, -0.25) is 9.78 Å². The molecule has 0 aliphatic rings. The molecular formula is C19H16N2OS. The van der Waals surface area contributed by atoms with E-state index in [4.69, 9.17) is 0 Å². The first kappa shape index (κ1) is 15.2. The van der Waals surface area contributed by atoms with Crippen molar-refractivity contribution in [2.24, 2.45) is 0 Å². The highest BCUT2D eigenvalue weighted by molar-refractivity contribution is 7.08. The number of carbonyl (C=O) groups is 1. The van der Waals surface area contributed by atoms with Crippen molar-refractivity contribution in [3.05, 3.63) is 82.7 Å². The Morgan fingerprint density at radius 1 is 1.17 bits per heavy atom. The fourth-order valence-electron chi connectivity index (χ4n) is 2.14. The van der Waals surface area contributed by atoms with Gasteiger partial charge in [0, 0.05) is 29.8 Å². The van der Waals surface area contributed by atoms with Gasteiger partial charge in [-0.25, -0.2) is 0 Å². The molecule has 2 aromatic heterocycles. The number of nitrogens with one attached hydrogen (secondary N) is 1. The topological polar surface area (TPSA) is 42.0 Å². The molecule has 0 unspecified atom stereocenters. The predicted molar refractivity (Wildman–Crippen MR) is 94.9 cm³/mol. The minimum absolute atomic E-state index is 0.109. The van der Waals surface area contributed by atoms with Crippen LogP contribution in [0.3, 0.4) is 0 Å². The van der Waals surface area contributed by atoms with Gasteiger partial charge in [0.15, 0.2) is 0 Å². The molecule has 4 heteroatoms. The molecule has 0 bridgehead atoms. The highest BCUT2D eigenvalue weighted by Crippen LogP contribution is 2.20. The highest BCUT2D eigenvalue weighted by atomic mass is 32.1. The third-order valence-electron chi connectivity index (χ3n) is 3.33. The van der Waals surface area contributed by atoms with Gasteiger partial charge in [0.1, 0.15) is 0 Å². The third-order valence-corrected chi connectivity index (χ3v) is 4.02. The van der Waals surface area contributed by atoms with Gasteiger partial charge >= 0.3 is 0 Å². The molecule has 3 aromatic rings. The first-order chi connectivity index (χ1) is 11.3. The summed E-state index contributed by atoms with van der Waals surface area (Å²) in [5.41, 5.74) is 4.07. The zero-order chi connectivity index (χ0) is 15.9. The molecule has 3 nitrogen and oxygen atoms in total. The molecule has 1 N–H and O–H groups in total. The van der Waals surface area contributed by atoms with Crippen LogP contribution in [0.25, 0.3) is 17.3 Å². The standard InChI is InChI=1S/C19H16N2OS/c22-19(7-6-15-4-2-1-3-5-15)21-13-16-8-10-20-18(12-16)17-9-11-23-14-17/h1-12,14H,13H2,(H,21,22). The molecule has 23 heavy (non-hydrogen) atoms. The lowest BCUT2D eigenvalue weighted by molar-refractivity contribution is -0.116. The van der Waals surface area contributed by atoms with Gasteiger partial charge in [-0.15, -0.1) is 0 Å². The first-order valence-electron chi connectivity index (χ1n) is 7.30. The second-order valence-electron chi connectivity index (χ2n) is 5.02. The summed E-state index contributed by atoms with van der Waals surface area (Å²) in [7, 11) is 0. The Labute approximate surface area is 139 Å². The van der Waals surface area contributed by atoms with Gasteiger partial charge in [-0.2, -0.15) is 11.3 Å². The molecular weight excluding hydrogens is 304 g/mol. The molecule has 0 fully saturated rings. The molecule has 1 amide bonds. The summed E-state index contributed by atoms with van der Waals surface area (Å²) < 4.78 is 0. The van der Waals surface area contributed by atoms with Crippen molar-refractivity contribution < 1.29 is 4.79 Å². The van der Waals surface area contributed by atoms with Crippen LogP contribution in [-0.4, -0.2) is 10.9 Å². The minimum Gasteiger partial charge on any atom is -0.348 e. The molecule has 0 radical (unpaired) electrons. The number of hydrogen-bond acceptors (Lipinski definition) is 3. The summed E-state index contributed by atoms with van der Waals surface area (Å²) in [6.07, 6.45) is 5.13. The number of aromatic nitrogens is 1. The molecule has 0 aliphatic carbocycles. The third kappa shape index (κ3) is 4.37. The zero-order valence-electron chi connectivity index (χ0n) is 12.5. The first-order valence-corrected chi connectivity index (χ1v) is 8.24. The van der Waals surface area contributed by atoms with Gasteiger partial charge in [0.25, 0.3) is 0 Å². The lowest BCUT2D eigenvalue weighted by atomic mass is 10.1. The maximum Gasteiger partial charge on any atom is 0.244 e. The number of amides is 1. The van der Waals surface area contributed by atoms with Gasteiger partial charge in [0.05, 0.1) is 5.69 Å². The van der Waals surface area contributed by atoms with E-state index in [2.05, 4.69) is 15.7 Å². The molecule has 0 atom stereocenters. The van der Waals surface area contributed by atoms with Crippen molar-refractivity contribution in [2.45, 2.75) is 6.54 Å². The fourth-order valence-corrected chi connectivity index (χ4v) is 2.79. The highest BCUT2D eigenvalue weighted by Gasteiger charge is 2.02. The van der Waals surface area contributed by atoms with E-state index in [0.29, 0.717) is 6.54 Å². The zero-order valence-corrected chi connectivity index (χ0v) is 13.3. The van der Waals surface area contributed by atoms with Crippen LogP contribution >= 0.6 is 11.3 Å². The molecule has 0 aliphatic heterocycles. The number of carbonyl (C=O) groups excluding carboxylic acids is 1. The lowest BCUT2D eigenvalue weighted by Crippen LogP contribution is -2.20. The molecule has 3 rings (SSSR count). The number of nitrogens with zero attached hydrogens (tertiary/aromatic N) is 1. The Balaban J connectivity index is 1.59. The summed E-state index contributed by atoms with van der Waals surface area (Å²) in [6, 6.07) is 15.7. The number of hydrogen-bond donors (Lipinski definition) is 1. The summed E-state index contributed by atoms with van der Waals surface area (Å²) >= 11 is 1.64. The largest absolute Gasteiger partial charge is 0.348 e. The van der Waals surface area contributed by atoms with Crippen LogP contribution in [0.15, 0.2) is 71.6 Å². The van der Waals surface area contributed by atoms with Crippen LogP contribution in [0.5, 0.6) is 0 Å². The smallest absolute Gasteiger partial charge is 0.244 e. The SMILES string of the molecule is O=C(C=Cc1ccccc1)NCc1ccnc(-c2ccsc2)c1. The second-order valence-corrected chi connectivity index (χ2v) is 5.80. The van der Waals surface area contributed by atoms with Gasteiger partial charge in [-0.05, 0) is 40.8 Å². The van der Waals surface area contributed by atoms with Crippen molar-refractivity contribution in [1.82, 2.24) is 10.3 Å². The number of rotatable bonds is 5. The molecule has 114 valence electrons. The van der Waals surface area contributed by atoms with E-state index in [1.165, 1.54) is 0 Å². The van der Waals surface area contributed by atoms with Crippen LogP contribution in [-0.2, 0) is 11.3 Å². The van der Waals surface area contributed by atoms with Crippen molar-refractivity contribution in [2.75, 3.05) is 0 Å². The van der Waals surface area contributed by atoms with Crippen LogP contribution in [0.1, 0.15) is 11.1 Å². The van der Waals surface area contributed by atoms with Crippen LogP contribution in [0, 0.1) is 0 Å². The van der Waals surface area contributed by atoms with E-state index in [1.54, 1.807) is 29.7 Å². The van der Waals surface area contributed by atoms with E-state index in [0.717, 1.165) is 22.4 Å². The Morgan fingerprint density at radius 2 is 2.04 bits per heavy atom.